The lowest BCUT2D eigenvalue weighted by Gasteiger charge is -2.18. The van der Waals surface area contributed by atoms with Crippen LogP contribution < -0.4 is 16.0 Å². The van der Waals surface area contributed by atoms with Crippen molar-refractivity contribution < 1.29 is 19.5 Å². The monoisotopic (exact) mass is 445 g/mol. The van der Waals surface area contributed by atoms with Gasteiger partial charge in [0.05, 0.1) is 6.04 Å². The number of carbonyl (C=O) groups is 3. The van der Waals surface area contributed by atoms with E-state index in [1.807, 2.05) is 49.4 Å². The highest BCUT2D eigenvalue weighted by molar-refractivity contribution is 5.96. The molecule has 3 aromatic rings. The number of fused-ring (bicyclic) bond motifs is 1. The third-order valence-corrected chi connectivity index (χ3v) is 5.24. The maximum absolute atomic E-state index is 13.1. The number of aldehydes is 1. The minimum atomic E-state index is -1.46. The van der Waals surface area contributed by atoms with Crippen molar-refractivity contribution in [1.29, 1.82) is 0 Å². The zero-order chi connectivity index (χ0) is 23.6. The van der Waals surface area contributed by atoms with Gasteiger partial charge in [-0.05, 0) is 41.0 Å². The average molecular weight is 446 g/mol. The van der Waals surface area contributed by atoms with Gasteiger partial charge in [0.2, 0.25) is 0 Å². The molecule has 2 atom stereocenters. The molecule has 33 heavy (non-hydrogen) atoms. The molecule has 0 aliphatic carbocycles. The summed E-state index contributed by atoms with van der Waals surface area (Å²) in [6.07, 6.45) is 1.87. The molecule has 0 bridgehead atoms. The Morgan fingerprint density at radius 3 is 2.55 bits per heavy atom. The molecule has 0 aliphatic heterocycles. The highest BCUT2D eigenvalue weighted by Gasteiger charge is 2.18. The predicted octanol–water partition coefficient (Wildman–Crippen LogP) is 2.61. The zero-order valence-corrected chi connectivity index (χ0v) is 18.3. The molecule has 1 unspecified atom stereocenters. The van der Waals surface area contributed by atoms with Crippen molar-refractivity contribution in [3.8, 4) is 0 Å². The molecule has 0 heterocycles. The van der Waals surface area contributed by atoms with E-state index in [0.717, 1.165) is 16.3 Å². The number of allylic oxidation sites excluding steroid dienone is 1. The van der Waals surface area contributed by atoms with Crippen molar-refractivity contribution in [3.63, 3.8) is 0 Å². The van der Waals surface area contributed by atoms with Crippen LogP contribution in [0.15, 0.2) is 78.9 Å². The summed E-state index contributed by atoms with van der Waals surface area (Å²) in [5.74, 6) is -0.872. The number of rotatable bonds is 10. The second kappa shape index (κ2) is 11.7. The molecule has 7 nitrogen and oxygen atoms in total. The molecule has 170 valence electrons. The van der Waals surface area contributed by atoms with E-state index in [-0.39, 0.29) is 25.0 Å². The molecule has 0 fully saturated rings. The number of nitrogens with one attached hydrogen (secondary N) is 3. The highest BCUT2D eigenvalue weighted by atomic mass is 16.3. The second-order valence-corrected chi connectivity index (χ2v) is 7.51. The molecule has 4 N–H and O–H groups in total. The lowest BCUT2D eigenvalue weighted by Crippen LogP contribution is -2.44. The maximum atomic E-state index is 13.1. The average Bonchev–Trinajstić information content (AvgIpc) is 2.84. The summed E-state index contributed by atoms with van der Waals surface area (Å²) in [5, 5.41) is 20.5. The Labute approximate surface area is 192 Å². The molecule has 3 rings (SSSR count). The Hall–Kier alpha value is -3.81. The van der Waals surface area contributed by atoms with Gasteiger partial charge in [0.1, 0.15) is 6.29 Å². The quantitative estimate of drug-likeness (QED) is 0.218. The summed E-state index contributed by atoms with van der Waals surface area (Å²) in [6, 6.07) is 20.8. The van der Waals surface area contributed by atoms with Crippen LogP contribution >= 0.6 is 0 Å². The van der Waals surface area contributed by atoms with Gasteiger partial charge < -0.3 is 15.7 Å². The van der Waals surface area contributed by atoms with Gasteiger partial charge in [-0.3, -0.25) is 19.7 Å². The van der Waals surface area contributed by atoms with Crippen LogP contribution in [0.5, 0.6) is 0 Å². The second-order valence-electron chi connectivity index (χ2n) is 7.51. The summed E-state index contributed by atoms with van der Waals surface area (Å²) >= 11 is 0. The molecule has 0 aromatic heterocycles. The first-order valence-electron chi connectivity index (χ1n) is 10.7. The van der Waals surface area contributed by atoms with E-state index in [1.54, 1.807) is 24.3 Å². The van der Waals surface area contributed by atoms with Gasteiger partial charge in [0.25, 0.3) is 11.8 Å². The number of aliphatic hydroxyl groups excluding tert-OH is 1. The van der Waals surface area contributed by atoms with E-state index in [2.05, 4.69) is 16.0 Å². The Balaban J connectivity index is 1.65. The van der Waals surface area contributed by atoms with Crippen LogP contribution in [0.1, 0.15) is 34.5 Å². The number of benzene rings is 3. The molecule has 0 radical (unpaired) electrons. The smallest absolute Gasteiger partial charge is 0.264 e. The molecular weight excluding hydrogens is 418 g/mol. The minimum absolute atomic E-state index is 0.116. The lowest BCUT2D eigenvalue weighted by atomic mass is 9.99. The third-order valence-electron chi connectivity index (χ3n) is 5.24. The molecule has 0 saturated heterocycles. The molecule has 2 amide bonds. The SMILES string of the molecule is C[C@@H](NC(=O)c1ccccc1CNC(O)C(=O)NC/C=C/C=O)c1cccc2ccccc12. The summed E-state index contributed by atoms with van der Waals surface area (Å²) in [5.41, 5.74) is 2.12. The van der Waals surface area contributed by atoms with Crippen molar-refractivity contribution in [3.05, 3.63) is 95.6 Å². The first-order chi connectivity index (χ1) is 16.0. The largest absolute Gasteiger partial charge is 0.370 e. The Bertz CT molecular complexity index is 1150. The van der Waals surface area contributed by atoms with E-state index in [0.29, 0.717) is 17.4 Å². The number of hydrogen-bond donors (Lipinski definition) is 4. The van der Waals surface area contributed by atoms with E-state index in [1.165, 1.54) is 12.2 Å². The van der Waals surface area contributed by atoms with Crippen molar-refractivity contribution in [2.75, 3.05) is 6.54 Å². The standard InChI is InChI=1S/C26H27N3O4/c1-18(21-14-8-11-19-9-2-4-12-22(19)21)29-24(31)23-13-5-3-10-20(23)17-28-26(33)25(32)27-15-6-7-16-30/h2-14,16,18,26,28,33H,15,17H2,1H3,(H,27,32)(H,29,31)/b7-6+/t18-,26?/m1/s1. The Kier molecular flexibility index (Phi) is 8.46. The van der Waals surface area contributed by atoms with E-state index >= 15 is 0 Å². The van der Waals surface area contributed by atoms with Crippen LogP contribution in [-0.4, -0.2) is 36.0 Å². The van der Waals surface area contributed by atoms with Gasteiger partial charge in [-0.25, -0.2) is 0 Å². The number of hydrogen-bond acceptors (Lipinski definition) is 5. The topological polar surface area (TPSA) is 108 Å². The van der Waals surface area contributed by atoms with E-state index in [4.69, 9.17) is 0 Å². The lowest BCUT2D eigenvalue weighted by molar-refractivity contribution is -0.130. The molecular formula is C26H27N3O4. The predicted molar refractivity (Wildman–Crippen MR) is 127 cm³/mol. The van der Waals surface area contributed by atoms with Crippen LogP contribution in [0.3, 0.4) is 0 Å². The summed E-state index contributed by atoms with van der Waals surface area (Å²) in [7, 11) is 0. The fraction of sp³-hybridized carbons (Fsp3) is 0.192. The number of carbonyl (C=O) groups excluding carboxylic acids is 3. The van der Waals surface area contributed by atoms with Crippen LogP contribution in [-0.2, 0) is 16.1 Å². The van der Waals surface area contributed by atoms with Gasteiger partial charge in [0, 0.05) is 18.7 Å². The van der Waals surface area contributed by atoms with Crippen molar-refractivity contribution in [2.45, 2.75) is 25.7 Å². The molecule has 0 saturated carbocycles. The number of amides is 2. The third kappa shape index (κ3) is 6.35. The Morgan fingerprint density at radius 1 is 1.00 bits per heavy atom. The first-order valence-corrected chi connectivity index (χ1v) is 10.7. The fourth-order valence-electron chi connectivity index (χ4n) is 3.56. The molecule has 7 heteroatoms. The van der Waals surface area contributed by atoms with Crippen LogP contribution in [0, 0.1) is 0 Å². The van der Waals surface area contributed by atoms with E-state index < -0.39 is 12.1 Å². The normalized spacial score (nSPS) is 12.9. The van der Waals surface area contributed by atoms with Gasteiger partial charge in [-0.2, -0.15) is 0 Å². The summed E-state index contributed by atoms with van der Waals surface area (Å²) in [6.45, 7) is 2.18. The van der Waals surface area contributed by atoms with Crippen LogP contribution in [0.4, 0.5) is 0 Å². The zero-order valence-electron chi connectivity index (χ0n) is 18.3. The van der Waals surface area contributed by atoms with Gasteiger partial charge in [-0.15, -0.1) is 0 Å². The molecule has 0 aliphatic rings. The molecule has 0 spiro atoms. The summed E-state index contributed by atoms with van der Waals surface area (Å²) < 4.78 is 0. The number of aliphatic hydroxyl groups is 1. The molecule has 3 aromatic carbocycles. The van der Waals surface area contributed by atoms with Gasteiger partial charge in [-0.1, -0.05) is 66.7 Å². The van der Waals surface area contributed by atoms with Crippen molar-refractivity contribution in [2.24, 2.45) is 0 Å². The maximum Gasteiger partial charge on any atom is 0.264 e. The van der Waals surface area contributed by atoms with Crippen molar-refractivity contribution in [1.82, 2.24) is 16.0 Å². The van der Waals surface area contributed by atoms with Crippen molar-refractivity contribution >= 4 is 28.9 Å². The van der Waals surface area contributed by atoms with Crippen LogP contribution in [0.25, 0.3) is 10.8 Å². The van der Waals surface area contributed by atoms with E-state index in [9.17, 15) is 19.5 Å². The Morgan fingerprint density at radius 2 is 1.73 bits per heavy atom. The summed E-state index contributed by atoms with van der Waals surface area (Å²) in [4.78, 5) is 35.2. The van der Waals surface area contributed by atoms with Gasteiger partial charge in [0.15, 0.2) is 6.23 Å². The minimum Gasteiger partial charge on any atom is -0.370 e. The highest BCUT2D eigenvalue weighted by Crippen LogP contribution is 2.24. The first kappa shape index (κ1) is 23.8. The van der Waals surface area contributed by atoms with Crippen LogP contribution in [0.2, 0.25) is 0 Å². The fourth-order valence-corrected chi connectivity index (χ4v) is 3.56. The van der Waals surface area contributed by atoms with Gasteiger partial charge >= 0.3 is 0 Å².